The molecule has 2 rings (SSSR count). The van der Waals surface area contributed by atoms with Crippen LogP contribution in [0.4, 0.5) is 0 Å². The van der Waals surface area contributed by atoms with Crippen molar-refractivity contribution in [2.24, 2.45) is 4.99 Å². The zero-order valence-electron chi connectivity index (χ0n) is 15.9. The lowest BCUT2D eigenvalue weighted by Crippen LogP contribution is -2.32. The lowest BCUT2D eigenvalue weighted by Gasteiger charge is -2.12. The number of ketones is 1. The third-order valence-electron chi connectivity index (χ3n) is 3.94. The van der Waals surface area contributed by atoms with E-state index in [4.69, 9.17) is 23.7 Å². The van der Waals surface area contributed by atoms with E-state index >= 15 is 0 Å². The van der Waals surface area contributed by atoms with Gasteiger partial charge in [-0.1, -0.05) is 0 Å². The van der Waals surface area contributed by atoms with Gasteiger partial charge in [-0.15, -0.1) is 0 Å². The van der Waals surface area contributed by atoms with Crippen molar-refractivity contribution >= 4 is 11.7 Å². The number of hydrogen-bond donors (Lipinski definition) is 1. The number of hydrogen-bond acceptors (Lipinski definition) is 9. The van der Waals surface area contributed by atoms with Gasteiger partial charge in [0.25, 0.3) is 0 Å². The minimum absolute atomic E-state index is 0.110. The number of Topliss-reactive ketones (excluding diaryl/α,β-unsaturated/α-hetero) is 1. The van der Waals surface area contributed by atoms with Crippen molar-refractivity contribution in [2.75, 3.05) is 53.4 Å². The van der Waals surface area contributed by atoms with Gasteiger partial charge in [0.2, 0.25) is 5.90 Å². The summed E-state index contributed by atoms with van der Waals surface area (Å²) in [6.45, 7) is 5.98. The molecule has 0 bridgehead atoms. The lowest BCUT2D eigenvalue weighted by molar-refractivity contribution is -0.121. The van der Waals surface area contributed by atoms with Gasteiger partial charge in [0.1, 0.15) is 19.0 Å². The summed E-state index contributed by atoms with van der Waals surface area (Å²) in [5.74, 6) is 0.297. The van der Waals surface area contributed by atoms with Gasteiger partial charge in [0, 0.05) is 13.2 Å². The predicted octanol–water partition coefficient (Wildman–Crippen LogP) is 0.970. The molecule has 1 unspecified atom stereocenters. The van der Waals surface area contributed by atoms with Crippen molar-refractivity contribution in [1.82, 2.24) is 4.98 Å². The summed E-state index contributed by atoms with van der Waals surface area (Å²) in [7, 11) is 1.62. The maximum Gasteiger partial charge on any atom is 0.240 e. The molecule has 9 heteroatoms. The predicted molar refractivity (Wildman–Crippen MR) is 96.5 cm³/mol. The summed E-state index contributed by atoms with van der Waals surface area (Å²) in [6.07, 6.45) is 1.46. The number of ether oxygens (including phenoxy) is 5. The molecule has 1 atom stereocenters. The molecule has 27 heavy (non-hydrogen) atoms. The highest BCUT2D eigenvalue weighted by Crippen LogP contribution is 2.27. The van der Waals surface area contributed by atoms with Crippen LogP contribution in [0.25, 0.3) is 0 Å². The Hall–Kier alpha value is -2.23. The SMILES string of the molecule is COCCOCCOCCOc1cnc(C2=NC(C)(C(C)=O)CO2)c(O)c1. The number of methoxy groups -OCH3 is 1. The first-order valence-electron chi connectivity index (χ1n) is 8.66. The first-order chi connectivity index (χ1) is 13.0. The maximum atomic E-state index is 11.6. The van der Waals surface area contributed by atoms with E-state index in [1.54, 1.807) is 14.0 Å². The second kappa shape index (κ2) is 10.2. The van der Waals surface area contributed by atoms with Gasteiger partial charge in [-0.3, -0.25) is 4.79 Å². The first kappa shape index (κ1) is 21.1. The van der Waals surface area contributed by atoms with Gasteiger partial charge >= 0.3 is 0 Å². The Morgan fingerprint density at radius 2 is 1.89 bits per heavy atom. The van der Waals surface area contributed by atoms with Crippen molar-refractivity contribution in [2.45, 2.75) is 19.4 Å². The summed E-state index contributed by atoms with van der Waals surface area (Å²) in [6, 6.07) is 1.42. The summed E-state index contributed by atoms with van der Waals surface area (Å²) < 4.78 is 26.4. The van der Waals surface area contributed by atoms with Crippen LogP contribution < -0.4 is 4.74 Å². The van der Waals surface area contributed by atoms with Crippen molar-refractivity contribution in [1.29, 1.82) is 0 Å². The highest BCUT2D eigenvalue weighted by Gasteiger charge is 2.37. The highest BCUT2D eigenvalue weighted by molar-refractivity contribution is 6.00. The molecule has 0 radical (unpaired) electrons. The molecule has 9 nitrogen and oxygen atoms in total. The zero-order chi connectivity index (χ0) is 19.7. The zero-order valence-corrected chi connectivity index (χ0v) is 15.9. The summed E-state index contributed by atoms with van der Waals surface area (Å²) in [5, 5.41) is 10.2. The summed E-state index contributed by atoms with van der Waals surface area (Å²) in [4.78, 5) is 20.0. The highest BCUT2D eigenvalue weighted by atomic mass is 16.6. The fourth-order valence-corrected chi connectivity index (χ4v) is 2.16. The molecule has 1 N–H and O–H groups in total. The molecule has 0 spiro atoms. The maximum absolute atomic E-state index is 11.6. The van der Waals surface area contributed by atoms with E-state index in [0.29, 0.717) is 45.4 Å². The Morgan fingerprint density at radius 1 is 1.22 bits per heavy atom. The molecule has 0 fully saturated rings. The Kier molecular flexibility index (Phi) is 7.96. The smallest absolute Gasteiger partial charge is 0.240 e. The van der Waals surface area contributed by atoms with Gasteiger partial charge in [-0.2, -0.15) is 0 Å². The Morgan fingerprint density at radius 3 is 2.48 bits per heavy atom. The van der Waals surface area contributed by atoms with Crippen LogP contribution in [-0.4, -0.2) is 80.7 Å². The molecule has 0 saturated heterocycles. The normalized spacial score (nSPS) is 18.9. The monoisotopic (exact) mass is 382 g/mol. The third-order valence-corrected chi connectivity index (χ3v) is 3.94. The molecular weight excluding hydrogens is 356 g/mol. The minimum Gasteiger partial charge on any atom is -0.505 e. The summed E-state index contributed by atoms with van der Waals surface area (Å²) in [5.41, 5.74) is -0.764. The van der Waals surface area contributed by atoms with Crippen LogP contribution in [0, 0.1) is 0 Å². The van der Waals surface area contributed by atoms with Crippen molar-refractivity contribution < 1.29 is 33.6 Å². The molecule has 0 aliphatic carbocycles. The second-order valence-corrected chi connectivity index (χ2v) is 6.14. The number of carbonyl (C=O) groups excluding carboxylic acids is 1. The number of carbonyl (C=O) groups is 1. The standard InChI is InChI=1S/C18H26N2O7/c1-13(21)18(2)12-27-17(20-18)16-15(22)10-14(11-19-16)26-9-8-25-7-6-24-5-4-23-3/h10-11,22H,4-9,12H2,1-3H3. The van der Waals surface area contributed by atoms with Gasteiger partial charge in [-0.25, -0.2) is 9.98 Å². The Labute approximate surface area is 158 Å². The molecule has 0 amide bonds. The first-order valence-corrected chi connectivity index (χ1v) is 8.66. The minimum atomic E-state index is -0.941. The fourth-order valence-electron chi connectivity index (χ4n) is 2.16. The van der Waals surface area contributed by atoms with Crippen LogP contribution in [0.15, 0.2) is 17.3 Å². The van der Waals surface area contributed by atoms with E-state index in [1.165, 1.54) is 19.2 Å². The van der Waals surface area contributed by atoms with Gasteiger partial charge < -0.3 is 28.8 Å². The average molecular weight is 382 g/mol. The second-order valence-electron chi connectivity index (χ2n) is 6.14. The molecule has 1 aliphatic heterocycles. The van der Waals surface area contributed by atoms with Gasteiger partial charge in [-0.05, 0) is 13.8 Å². The molecule has 150 valence electrons. The molecular formula is C18H26N2O7. The molecule has 1 aromatic heterocycles. The van der Waals surface area contributed by atoms with Crippen LogP contribution in [0.2, 0.25) is 0 Å². The number of pyridine rings is 1. The van der Waals surface area contributed by atoms with E-state index in [-0.39, 0.29) is 29.7 Å². The van der Waals surface area contributed by atoms with E-state index in [2.05, 4.69) is 9.98 Å². The van der Waals surface area contributed by atoms with Crippen LogP contribution >= 0.6 is 0 Å². The Balaban J connectivity index is 1.76. The molecule has 1 aromatic rings. The van der Waals surface area contributed by atoms with E-state index in [0.717, 1.165) is 0 Å². The van der Waals surface area contributed by atoms with E-state index in [1.807, 2.05) is 0 Å². The van der Waals surface area contributed by atoms with Crippen LogP contribution in [-0.2, 0) is 23.7 Å². The Bertz CT molecular complexity index is 665. The molecule has 1 aliphatic rings. The number of nitrogens with zero attached hydrogens (tertiary/aromatic N) is 2. The lowest BCUT2D eigenvalue weighted by atomic mass is 10.0. The van der Waals surface area contributed by atoms with Crippen LogP contribution in [0.5, 0.6) is 11.5 Å². The van der Waals surface area contributed by atoms with Crippen LogP contribution in [0.3, 0.4) is 0 Å². The number of aromatic nitrogens is 1. The molecule has 2 heterocycles. The van der Waals surface area contributed by atoms with Crippen molar-refractivity contribution in [3.63, 3.8) is 0 Å². The largest absolute Gasteiger partial charge is 0.505 e. The van der Waals surface area contributed by atoms with E-state index in [9.17, 15) is 9.90 Å². The van der Waals surface area contributed by atoms with Crippen molar-refractivity contribution in [3.8, 4) is 11.5 Å². The average Bonchev–Trinajstić information content (AvgIpc) is 3.04. The van der Waals surface area contributed by atoms with Gasteiger partial charge in [0.05, 0.1) is 39.2 Å². The summed E-state index contributed by atoms with van der Waals surface area (Å²) >= 11 is 0. The van der Waals surface area contributed by atoms with Gasteiger partial charge in [0.15, 0.2) is 22.8 Å². The topological polar surface area (TPSA) is 109 Å². The van der Waals surface area contributed by atoms with Crippen molar-refractivity contribution in [3.05, 3.63) is 18.0 Å². The number of rotatable bonds is 12. The van der Waals surface area contributed by atoms with Crippen LogP contribution in [0.1, 0.15) is 19.5 Å². The fraction of sp³-hybridized carbons (Fsp3) is 0.611. The number of aromatic hydroxyl groups is 1. The third kappa shape index (κ3) is 6.16. The quantitative estimate of drug-likeness (QED) is 0.533. The molecule has 0 aromatic carbocycles. The van der Waals surface area contributed by atoms with E-state index < -0.39 is 5.54 Å². The molecule has 0 saturated carbocycles. The number of aliphatic imine (C=N–C) groups is 1.